The summed E-state index contributed by atoms with van der Waals surface area (Å²) in [5.41, 5.74) is -1.42. The van der Waals surface area contributed by atoms with Gasteiger partial charge in [-0.15, -0.1) is 0 Å². The second kappa shape index (κ2) is 4.82. The van der Waals surface area contributed by atoms with Crippen LogP contribution in [-0.4, -0.2) is 37.4 Å². The van der Waals surface area contributed by atoms with Crippen LogP contribution in [0.1, 0.15) is 52.4 Å². The van der Waals surface area contributed by atoms with Crippen LogP contribution in [0.3, 0.4) is 0 Å². The summed E-state index contributed by atoms with van der Waals surface area (Å²) in [4.78, 5) is 24.8. The van der Waals surface area contributed by atoms with Crippen LogP contribution < -0.4 is 0 Å². The summed E-state index contributed by atoms with van der Waals surface area (Å²) >= 11 is 0. The zero-order valence-electron chi connectivity index (χ0n) is 14.5. The predicted octanol–water partition coefficient (Wildman–Crippen LogP) is 2.78. The molecule has 4 rings (SSSR count). The van der Waals surface area contributed by atoms with Crippen LogP contribution in [0.15, 0.2) is 12.2 Å². The summed E-state index contributed by atoms with van der Waals surface area (Å²) in [5, 5.41) is 0. The van der Waals surface area contributed by atoms with E-state index < -0.39 is 16.6 Å². The Morgan fingerprint density at radius 3 is 2.13 bits per heavy atom. The highest BCUT2D eigenvalue weighted by Crippen LogP contribution is 2.69. The van der Waals surface area contributed by atoms with Crippen LogP contribution in [0.2, 0.25) is 0 Å². The van der Waals surface area contributed by atoms with Crippen LogP contribution in [0.25, 0.3) is 0 Å². The second-order valence-electron chi connectivity index (χ2n) is 8.38. The van der Waals surface area contributed by atoms with Crippen molar-refractivity contribution in [2.24, 2.45) is 10.8 Å². The molecule has 0 aromatic heterocycles. The number of hydrogen-bond acceptors (Lipinski definition) is 5. The summed E-state index contributed by atoms with van der Waals surface area (Å²) in [7, 11) is 3.12. The lowest BCUT2D eigenvalue weighted by molar-refractivity contribution is -0.270. The largest absolute Gasteiger partial charge is 0.469 e. The average molecular weight is 322 g/mol. The highest BCUT2D eigenvalue weighted by molar-refractivity contribution is 5.87. The molecule has 0 N–H and O–H groups in total. The van der Waals surface area contributed by atoms with Gasteiger partial charge in [-0.1, -0.05) is 13.5 Å². The van der Waals surface area contributed by atoms with Gasteiger partial charge >= 0.3 is 11.9 Å². The van der Waals surface area contributed by atoms with Crippen molar-refractivity contribution in [3.05, 3.63) is 12.2 Å². The Hall–Kier alpha value is -1.36. The number of esters is 2. The van der Waals surface area contributed by atoms with Crippen molar-refractivity contribution in [1.29, 1.82) is 0 Å². The quantitative estimate of drug-likeness (QED) is 0.588. The van der Waals surface area contributed by atoms with Crippen molar-refractivity contribution in [2.75, 3.05) is 14.2 Å². The van der Waals surface area contributed by atoms with Gasteiger partial charge in [0.25, 0.3) is 0 Å². The molecule has 0 heterocycles. The van der Waals surface area contributed by atoms with Gasteiger partial charge in [-0.3, -0.25) is 4.79 Å². The maximum atomic E-state index is 12.6. The topological polar surface area (TPSA) is 61.8 Å². The summed E-state index contributed by atoms with van der Waals surface area (Å²) < 4.78 is 16.9. The number of carbonyl (C=O) groups excluding carboxylic acids is 2. The number of rotatable bonds is 4. The van der Waals surface area contributed by atoms with Crippen molar-refractivity contribution in [2.45, 2.75) is 63.6 Å². The van der Waals surface area contributed by atoms with Gasteiger partial charge in [0.1, 0.15) is 5.60 Å². The first-order valence-electron chi connectivity index (χ1n) is 8.14. The Morgan fingerprint density at radius 2 is 1.57 bits per heavy atom. The van der Waals surface area contributed by atoms with E-state index in [0.29, 0.717) is 24.8 Å². The molecule has 0 aromatic carbocycles. The first kappa shape index (κ1) is 16.5. The van der Waals surface area contributed by atoms with Gasteiger partial charge in [-0.2, -0.15) is 0 Å². The lowest BCUT2D eigenvalue weighted by atomic mass is 9.41. The summed E-state index contributed by atoms with van der Waals surface area (Å²) in [6.45, 7) is 7.49. The molecule has 0 radical (unpaired) electrons. The fourth-order valence-corrected chi connectivity index (χ4v) is 5.98. The van der Waals surface area contributed by atoms with E-state index in [1.54, 1.807) is 14.0 Å². The maximum absolute atomic E-state index is 12.6. The fraction of sp³-hybridized carbons (Fsp3) is 0.778. The predicted molar refractivity (Wildman–Crippen MR) is 83.6 cm³/mol. The summed E-state index contributed by atoms with van der Waals surface area (Å²) in [6, 6.07) is 0. The minimum Gasteiger partial charge on any atom is -0.469 e. The van der Waals surface area contributed by atoms with E-state index in [-0.39, 0.29) is 17.4 Å². The first-order chi connectivity index (χ1) is 10.6. The zero-order chi connectivity index (χ0) is 17.1. The molecule has 4 aliphatic carbocycles. The number of ether oxygens (including phenoxy) is 3. The smallest absolute Gasteiger partial charge is 0.333 e. The van der Waals surface area contributed by atoms with Crippen LogP contribution in [-0.2, 0) is 23.8 Å². The third-order valence-electron chi connectivity index (χ3n) is 5.94. The summed E-state index contributed by atoms with van der Waals surface area (Å²) in [6.07, 6.45) is 4.23. The van der Waals surface area contributed by atoms with Gasteiger partial charge < -0.3 is 14.2 Å². The van der Waals surface area contributed by atoms with Crippen LogP contribution in [0, 0.1) is 10.8 Å². The zero-order valence-corrected chi connectivity index (χ0v) is 14.5. The van der Waals surface area contributed by atoms with Crippen molar-refractivity contribution in [3.8, 4) is 0 Å². The molecule has 23 heavy (non-hydrogen) atoms. The first-order valence-corrected chi connectivity index (χ1v) is 8.14. The molecule has 0 saturated heterocycles. The molecule has 4 unspecified atom stereocenters. The fourth-order valence-electron chi connectivity index (χ4n) is 5.98. The van der Waals surface area contributed by atoms with E-state index in [1.807, 2.05) is 0 Å². The molecule has 4 aliphatic rings. The van der Waals surface area contributed by atoms with Gasteiger partial charge in [0.2, 0.25) is 0 Å². The standard InChI is InChI=1S/C18H26O5/c1-12(2)13(19)23-18-8-15(3)6-16(10-18,14(20)21-4)9-17(7-15,11-18)22-5/h1,6-11H2,2-5H3. The third kappa shape index (κ3) is 2.40. The molecule has 0 aliphatic heterocycles. The van der Waals surface area contributed by atoms with Crippen LogP contribution >= 0.6 is 0 Å². The van der Waals surface area contributed by atoms with E-state index in [1.165, 1.54) is 7.11 Å². The minimum absolute atomic E-state index is 0.0890. The van der Waals surface area contributed by atoms with Crippen molar-refractivity contribution in [3.63, 3.8) is 0 Å². The lowest BCUT2D eigenvalue weighted by Crippen LogP contribution is -2.69. The molecule has 4 fully saturated rings. The molecule has 4 atom stereocenters. The molecule has 0 amide bonds. The molecule has 0 aromatic rings. The molecule has 4 bridgehead atoms. The van der Waals surface area contributed by atoms with Gasteiger partial charge in [0, 0.05) is 25.5 Å². The lowest BCUT2D eigenvalue weighted by Gasteiger charge is -2.67. The van der Waals surface area contributed by atoms with Crippen molar-refractivity contribution in [1.82, 2.24) is 0 Å². The van der Waals surface area contributed by atoms with Crippen LogP contribution in [0.4, 0.5) is 0 Å². The Kier molecular flexibility index (Phi) is 3.46. The molecular formula is C18H26O5. The van der Waals surface area contributed by atoms with E-state index in [0.717, 1.165) is 19.3 Å². The molecule has 4 saturated carbocycles. The van der Waals surface area contributed by atoms with Crippen molar-refractivity contribution < 1.29 is 23.8 Å². The molecule has 128 valence electrons. The van der Waals surface area contributed by atoms with Gasteiger partial charge in [-0.25, -0.2) is 4.79 Å². The Bertz CT molecular complexity index is 584. The SMILES string of the molecule is C=C(C)C(=O)OC12CC3(C)CC(OC)(C1)CC(C(=O)OC)(C3)C2. The van der Waals surface area contributed by atoms with Crippen molar-refractivity contribution >= 4 is 11.9 Å². The minimum atomic E-state index is -0.663. The van der Waals surface area contributed by atoms with E-state index >= 15 is 0 Å². The van der Waals surface area contributed by atoms with Crippen LogP contribution in [0.5, 0.6) is 0 Å². The average Bonchev–Trinajstić information content (AvgIpc) is 2.43. The third-order valence-corrected chi connectivity index (χ3v) is 5.94. The van der Waals surface area contributed by atoms with Gasteiger partial charge in [0.15, 0.2) is 0 Å². The number of hydrogen-bond donors (Lipinski definition) is 0. The van der Waals surface area contributed by atoms with E-state index in [9.17, 15) is 9.59 Å². The Balaban J connectivity index is 2.04. The Morgan fingerprint density at radius 1 is 0.957 bits per heavy atom. The molecular weight excluding hydrogens is 296 g/mol. The summed E-state index contributed by atoms with van der Waals surface area (Å²) in [5.74, 6) is -0.596. The highest BCUT2D eigenvalue weighted by Gasteiger charge is 2.71. The van der Waals surface area contributed by atoms with E-state index in [2.05, 4.69) is 13.5 Å². The highest BCUT2D eigenvalue weighted by atomic mass is 16.6. The normalized spacial score (nSPS) is 44.0. The number of methoxy groups -OCH3 is 2. The van der Waals surface area contributed by atoms with E-state index in [4.69, 9.17) is 14.2 Å². The van der Waals surface area contributed by atoms with Gasteiger partial charge in [0.05, 0.1) is 18.1 Å². The molecule has 5 nitrogen and oxygen atoms in total. The molecule has 0 spiro atoms. The number of carbonyl (C=O) groups is 2. The molecule has 5 heteroatoms. The van der Waals surface area contributed by atoms with Gasteiger partial charge in [-0.05, 0) is 38.0 Å². The monoisotopic (exact) mass is 322 g/mol. The second-order valence-corrected chi connectivity index (χ2v) is 8.38. The Labute approximate surface area is 137 Å². The maximum Gasteiger partial charge on any atom is 0.333 e.